The van der Waals surface area contributed by atoms with Crippen molar-refractivity contribution >= 4 is 23.0 Å². The van der Waals surface area contributed by atoms with E-state index in [0.29, 0.717) is 5.69 Å². The van der Waals surface area contributed by atoms with E-state index < -0.39 is 31.0 Å². The second kappa shape index (κ2) is 6.63. The molecule has 2 rings (SSSR count). The second-order valence-corrected chi connectivity index (χ2v) is 5.27. The van der Waals surface area contributed by atoms with Gasteiger partial charge in [0.2, 0.25) is 0 Å². The van der Waals surface area contributed by atoms with Crippen LogP contribution in [0.4, 0.5) is 10.1 Å². The second-order valence-electron chi connectivity index (χ2n) is 4.89. The first kappa shape index (κ1) is 16.1. The van der Waals surface area contributed by atoms with Gasteiger partial charge in [-0.1, -0.05) is 0 Å². The molecule has 6 nitrogen and oxygen atoms in total. The van der Waals surface area contributed by atoms with Crippen LogP contribution in [0, 0.1) is 5.82 Å². The zero-order valence-electron chi connectivity index (χ0n) is 11.1. The third-order valence-corrected chi connectivity index (χ3v) is 3.80. The Morgan fingerprint density at radius 2 is 1.86 bits per heavy atom. The molecule has 21 heavy (non-hydrogen) atoms. The summed E-state index contributed by atoms with van der Waals surface area (Å²) in [6.07, 6.45) is -3.85. The van der Waals surface area contributed by atoms with Gasteiger partial charge in [0, 0.05) is 12.2 Å². The topological polar surface area (TPSA) is 96.2 Å². The maximum absolute atomic E-state index is 12.8. The monoisotopic (exact) mass is 316 g/mol. The summed E-state index contributed by atoms with van der Waals surface area (Å²) < 4.78 is 12.8. The zero-order chi connectivity index (χ0) is 15.6. The van der Waals surface area contributed by atoms with E-state index >= 15 is 0 Å². The van der Waals surface area contributed by atoms with Gasteiger partial charge in [-0.15, -0.1) is 0 Å². The third-order valence-electron chi connectivity index (χ3n) is 3.47. The Kier molecular flexibility index (Phi) is 5.07. The first-order valence-electron chi connectivity index (χ1n) is 6.42. The Labute approximate surface area is 126 Å². The van der Waals surface area contributed by atoms with Crippen LogP contribution in [0.2, 0.25) is 0 Å². The zero-order valence-corrected chi connectivity index (χ0v) is 11.9. The van der Waals surface area contributed by atoms with Crippen molar-refractivity contribution in [1.29, 1.82) is 0 Å². The van der Waals surface area contributed by atoms with Crippen molar-refractivity contribution in [3.8, 4) is 0 Å². The fourth-order valence-corrected chi connectivity index (χ4v) is 2.58. The number of aliphatic hydroxyl groups is 4. The van der Waals surface area contributed by atoms with Crippen LogP contribution in [0.5, 0.6) is 0 Å². The third kappa shape index (κ3) is 3.47. The predicted molar refractivity (Wildman–Crippen MR) is 78.2 cm³/mol. The van der Waals surface area contributed by atoms with E-state index in [9.17, 15) is 24.8 Å². The molecule has 0 amide bonds. The number of likely N-dealkylation sites (tertiary alicyclic amines) is 1. The molecule has 1 aliphatic rings. The standard InChI is InChI=1S/C13H17FN2O4S/c14-7-1-3-8(4-2-7)15-13(21)16-5-10(18)12(20)11(19)9(16)6-17/h1-4,9-12,17-20H,5-6H2,(H,15,21)/t9-,10+,11+,12-/m1/s1. The molecule has 0 spiro atoms. The first-order valence-corrected chi connectivity index (χ1v) is 6.83. The summed E-state index contributed by atoms with van der Waals surface area (Å²) in [5, 5.41) is 41.6. The Hall–Kier alpha value is -1.32. The molecule has 1 heterocycles. The number of hydrogen-bond donors (Lipinski definition) is 5. The molecule has 1 aliphatic heterocycles. The maximum Gasteiger partial charge on any atom is 0.173 e. The lowest BCUT2D eigenvalue weighted by atomic mass is 9.95. The lowest BCUT2D eigenvalue weighted by molar-refractivity contribution is -0.128. The van der Waals surface area contributed by atoms with Gasteiger partial charge in [-0.25, -0.2) is 4.39 Å². The van der Waals surface area contributed by atoms with Gasteiger partial charge >= 0.3 is 0 Å². The van der Waals surface area contributed by atoms with Crippen molar-refractivity contribution in [3.05, 3.63) is 30.1 Å². The quantitative estimate of drug-likeness (QED) is 0.460. The van der Waals surface area contributed by atoms with Crippen LogP contribution >= 0.6 is 12.2 Å². The number of nitrogens with zero attached hydrogens (tertiary/aromatic N) is 1. The summed E-state index contributed by atoms with van der Waals surface area (Å²) in [6.45, 7) is -0.466. The molecule has 0 saturated carbocycles. The summed E-state index contributed by atoms with van der Waals surface area (Å²) in [6, 6.07) is 4.67. The van der Waals surface area contributed by atoms with Gasteiger partial charge in [-0.05, 0) is 36.5 Å². The van der Waals surface area contributed by atoms with Crippen LogP contribution in [-0.2, 0) is 0 Å². The van der Waals surface area contributed by atoms with Crippen molar-refractivity contribution in [2.45, 2.75) is 24.4 Å². The molecule has 116 valence electrons. The molecule has 0 aromatic heterocycles. The molecule has 1 aromatic rings. The summed E-state index contributed by atoms with van der Waals surface area (Å²) >= 11 is 5.18. The van der Waals surface area contributed by atoms with Crippen LogP contribution in [0.1, 0.15) is 0 Å². The number of benzene rings is 1. The number of hydrogen-bond acceptors (Lipinski definition) is 5. The molecular formula is C13H17FN2O4S. The number of piperidine rings is 1. The molecule has 0 bridgehead atoms. The fourth-order valence-electron chi connectivity index (χ4n) is 2.25. The molecule has 4 atom stereocenters. The Balaban J connectivity index is 2.11. The highest BCUT2D eigenvalue weighted by Gasteiger charge is 2.42. The molecule has 5 N–H and O–H groups in total. The number of aliphatic hydroxyl groups excluding tert-OH is 4. The van der Waals surface area contributed by atoms with Gasteiger partial charge < -0.3 is 30.6 Å². The molecule has 0 unspecified atom stereocenters. The minimum Gasteiger partial charge on any atom is -0.394 e. The molecule has 0 aliphatic carbocycles. The minimum atomic E-state index is -1.34. The van der Waals surface area contributed by atoms with Gasteiger partial charge in [-0.2, -0.15) is 0 Å². The molecule has 1 fully saturated rings. The number of anilines is 1. The van der Waals surface area contributed by atoms with Gasteiger partial charge in [0.25, 0.3) is 0 Å². The van der Waals surface area contributed by atoms with Crippen LogP contribution in [0.3, 0.4) is 0 Å². The maximum atomic E-state index is 12.8. The molecular weight excluding hydrogens is 299 g/mol. The predicted octanol–water partition coefficient (Wildman–Crippen LogP) is -0.718. The van der Waals surface area contributed by atoms with Crippen molar-refractivity contribution in [2.75, 3.05) is 18.5 Å². The summed E-state index contributed by atoms with van der Waals surface area (Å²) in [5.74, 6) is -0.383. The van der Waals surface area contributed by atoms with Crippen molar-refractivity contribution < 1.29 is 24.8 Å². The highest BCUT2D eigenvalue weighted by molar-refractivity contribution is 7.80. The highest BCUT2D eigenvalue weighted by Crippen LogP contribution is 2.20. The average molecular weight is 316 g/mol. The normalized spacial score (nSPS) is 29.3. The Morgan fingerprint density at radius 3 is 2.43 bits per heavy atom. The smallest absolute Gasteiger partial charge is 0.173 e. The SMILES string of the molecule is OC[C@@H]1[C@H](O)[C@H](O)[C@@H](O)CN1C(=S)Nc1ccc(F)cc1. The van der Waals surface area contributed by atoms with Crippen LogP contribution in [0.15, 0.2) is 24.3 Å². The van der Waals surface area contributed by atoms with E-state index in [1.807, 2.05) is 0 Å². The van der Waals surface area contributed by atoms with Gasteiger partial charge in [0.05, 0.1) is 12.6 Å². The van der Waals surface area contributed by atoms with Gasteiger partial charge in [-0.3, -0.25) is 0 Å². The summed E-state index contributed by atoms with van der Waals surface area (Å²) in [7, 11) is 0. The van der Waals surface area contributed by atoms with Gasteiger partial charge in [0.1, 0.15) is 24.1 Å². The fraction of sp³-hybridized carbons (Fsp3) is 0.462. The van der Waals surface area contributed by atoms with Crippen LogP contribution in [0.25, 0.3) is 0 Å². The van der Waals surface area contributed by atoms with Gasteiger partial charge in [0.15, 0.2) is 5.11 Å². The average Bonchev–Trinajstić information content (AvgIpc) is 2.46. The molecule has 0 radical (unpaired) electrons. The number of thiocarbonyl (C=S) groups is 1. The number of β-amino-alcohol motifs (C(OH)–C–C–N with tert-alkyl or cyclic N) is 1. The first-order chi connectivity index (χ1) is 9.93. The summed E-state index contributed by atoms with van der Waals surface area (Å²) in [4.78, 5) is 1.40. The van der Waals surface area contributed by atoms with E-state index in [1.165, 1.54) is 29.2 Å². The lowest BCUT2D eigenvalue weighted by Gasteiger charge is -2.44. The van der Waals surface area contributed by atoms with E-state index in [-0.39, 0.29) is 17.5 Å². The van der Waals surface area contributed by atoms with Crippen molar-refractivity contribution in [1.82, 2.24) is 4.90 Å². The Bertz CT molecular complexity index is 501. The lowest BCUT2D eigenvalue weighted by Crippen LogP contribution is -2.64. The summed E-state index contributed by atoms with van der Waals surface area (Å²) in [5.41, 5.74) is 0.535. The van der Waals surface area contributed by atoms with Crippen LogP contribution < -0.4 is 5.32 Å². The van der Waals surface area contributed by atoms with E-state index in [1.54, 1.807) is 0 Å². The van der Waals surface area contributed by atoms with E-state index in [4.69, 9.17) is 12.2 Å². The highest BCUT2D eigenvalue weighted by atomic mass is 32.1. The van der Waals surface area contributed by atoms with Crippen LogP contribution in [-0.4, -0.2) is 67.9 Å². The number of nitrogens with one attached hydrogen (secondary N) is 1. The largest absolute Gasteiger partial charge is 0.394 e. The number of rotatable bonds is 2. The van der Waals surface area contributed by atoms with Crippen molar-refractivity contribution in [2.24, 2.45) is 0 Å². The van der Waals surface area contributed by atoms with E-state index in [2.05, 4.69) is 5.32 Å². The molecule has 1 saturated heterocycles. The minimum absolute atomic E-state index is 0.0313. The number of halogens is 1. The Morgan fingerprint density at radius 1 is 1.24 bits per heavy atom. The molecule has 8 heteroatoms. The van der Waals surface area contributed by atoms with Crippen molar-refractivity contribution in [3.63, 3.8) is 0 Å². The van der Waals surface area contributed by atoms with E-state index in [0.717, 1.165) is 0 Å². The molecule has 1 aromatic carbocycles.